The quantitative estimate of drug-likeness (QED) is 0.837. The highest BCUT2D eigenvalue weighted by Gasteiger charge is 2.13. The van der Waals surface area contributed by atoms with Gasteiger partial charge in [-0.15, -0.1) is 11.8 Å². The molecule has 0 spiro atoms. The second-order valence-corrected chi connectivity index (χ2v) is 4.54. The van der Waals surface area contributed by atoms with Crippen LogP contribution >= 0.6 is 11.8 Å². The molecule has 2 aromatic rings. The Morgan fingerprint density at radius 1 is 1.06 bits per heavy atom. The molecule has 3 heteroatoms. The minimum Gasteiger partial charge on any atom is -0.384 e. The van der Waals surface area contributed by atoms with E-state index in [4.69, 9.17) is 0 Å². The lowest BCUT2D eigenvalue weighted by Gasteiger charge is -2.14. The van der Waals surface area contributed by atoms with Gasteiger partial charge in [0.15, 0.2) is 0 Å². The van der Waals surface area contributed by atoms with E-state index in [1.165, 1.54) is 12.1 Å². The first-order valence-corrected chi connectivity index (χ1v) is 6.51. The van der Waals surface area contributed by atoms with Gasteiger partial charge in [-0.05, 0) is 35.6 Å². The fourth-order valence-electron chi connectivity index (χ4n) is 1.72. The summed E-state index contributed by atoms with van der Waals surface area (Å²) >= 11 is 1.59. The van der Waals surface area contributed by atoms with Crippen molar-refractivity contribution in [2.45, 2.75) is 11.0 Å². The maximum absolute atomic E-state index is 12.8. The summed E-state index contributed by atoms with van der Waals surface area (Å²) in [6, 6.07) is 13.6. The number of benzene rings is 2. The lowest BCUT2D eigenvalue weighted by molar-refractivity contribution is 0.217. The van der Waals surface area contributed by atoms with Crippen LogP contribution in [-0.2, 0) is 0 Å². The third-order valence-corrected chi connectivity index (χ3v) is 3.43. The van der Waals surface area contributed by atoms with Gasteiger partial charge >= 0.3 is 0 Å². The molecule has 0 aromatic heterocycles. The molecule has 0 fully saturated rings. The Morgan fingerprint density at radius 3 is 2.35 bits per heavy atom. The van der Waals surface area contributed by atoms with Crippen LogP contribution in [0, 0.1) is 5.82 Å². The summed E-state index contributed by atoms with van der Waals surface area (Å²) in [5, 5.41) is 10.3. The summed E-state index contributed by atoms with van der Waals surface area (Å²) < 4.78 is 12.8. The summed E-state index contributed by atoms with van der Waals surface area (Å²) in [5.74, 6) is -0.292. The van der Waals surface area contributed by atoms with Crippen molar-refractivity contribution in [1.29, 1.82) is 0 Å². The molecule has 0 heterocycles. The second-order valence-electron chi connectivity index (χ2n) is 3.70. The maximum Gasteiger partial charge on any atom is 0.123 e. The molecule has 0 amide bonds. The van der Waals surface area contributed by atoms with Gasteiger partial charge in [0.05, 0.1) is 0 Å². The average molecular weight is 248 g/mol. The van der Waals surface area contributed by atoms with E-state index in [2.05, 4.69) is 0 Å². The molecule has 1 unspecified atom stereocenters. The average Bonchev–Trinajstić information content (AvgIpc) is 2.39. The third-order valence-electron chi connectivity index (χ3n) is 2.62. The standard InChI is InChI=1S/C14H13FOS/c1-17-13-5-3-2-4-12(13)14(16)10-6-8-11(15)9-7-10/h2-9,14,16H,1H3. The van der Waals surface area contributed by atoms with Gasteiger partial charge in [-0.25, -0.2) is 4.39 Å². The topological polar surface area (TPSA) is 20.2 Å². The zero-order valence-electron chi connectivity index (χ0n) is 9.43. The molecule has 0 aliphatic heterocycles. The van der Waals surface area contributed by atoms with Crippen LogP contribution in [0.25, 0.3) is 0 Å². The van der Waals surface area contributed by atoms with Crippen molar-refractivity contribution >= 4 is 11.8 Å². The summed E-state index contributed by atoms with van der Waals surface area (Å²) in [5.41, 5.74) is 1.56. The van der Waals surface area contributed by atoms with Gasteiger partial charge in [-0.1, -0.05) is 30.3 Å². The van der Waals surface area contributed by atoms with Gasteiger partial charge in [0, 0.05) is 4.90 Å². The van der Waals surface area contributed by atoms with Crippen molar-refractivity contribution < 1.29 is 9.50 Å². The first-order valence-electron chi connectivity index (χ1n) is 5.29. The monoisotopic (exact) mass is 248 g/mol. The third kappa shape index (κ3) is 2.68. The van der Waals surface area contributed by atoms with Gasteiger partial charge in [0.1, 0.15) is 11.9 Å². The van der Waals surface area contributed by atoms with Gasteiger partial charge in [-0.2, -0.15) is 0 Å². The first kappa shape index (κ1) is 12.1. The Hall–Kier alpha value is -1.32. The minimum atomic E-state index is -0.709. The van der Waals surface area contributed by atoms with E-state index >= 15 is 0 Å². The van der Waals surface area contributed by atoms with E-state index in [1.54, 1.807) is 23.9 Å². The van der Waals surface area contributed by atoms with Crippen LogP contribution in [0.15, 0.2) is 53.4 Å². The number of hydrogen-bond donors (Lipinski definition) is 1. The van der Waals surface area contributed by atoms with Crippen molar-refractivity contribution in [3.05, 3.63) is 65.5 Å². The molecular formula is C14H13FOS. The fraction of sp³-hybridized carbons (Fsp3) is 0.143. The molecule has 2 aromatic carbocycles. The molecule has 0 aliphatic rings. The summed E-state index contributed by atoms with van der Waals surface area (Å²) in [4.78, 5) is 1.03. The number of thioether (sulfide) groups is 1. The van der Waals surface area contributed by atoms with E-state index in [1.807, 2.05) is 30.5 Å². The molecule has 88 valence electrons. The van der Waals surface area contributed by atoms with Crippen molar-refractivity contribution in [2.75, 3.05) is 6.26 Å². The van der Waals surface area contributed by atoms with Crippen molar-refractivity contribution in [2.24, 2.45) is 0 Å². The van der Waals surface area contributed by atoms with E-state index in [0.29, 0.717) is 5.56 Å². The Bertz CT molecular complexity index is 496. The predicted octanol–water partition coefficient (Wildman–Crippen LogP) is 3.63. The Labute approximate surface area is 104 Å². The molecule has 1 atom stereocenters. The highest BCUT2D eigenvalue weighted by atomic mass is 32.2. The van der Waals surface area contributed by atoms with E-state index in [9.17, 15) is 9.50 Å². The normalized spacial score (nSPS) is 12.4. The smallest absolute Gasteiger partial charge is 0.123 e. The summed E-state index contributed by atoms with van der Waals surface area (Å²) in [7, 11) is 0. The van der Waals surface area contributed by atoms with Gasteiger partial charge in [-0.3, -0.25) is 0 Å². The Morgan fingerprint density at radius 2 is 1.71 bits per heavy atom. The molecule has 17 heavy (non-hydrogen) atoms. The molecule has 1 N–H and O–H groups in total. The number of aliphatic hydroxyl groups excluding tert-OH is 1. The minimum absolute atomic E-state index is 0.292. The van der Waals surface area contributed by atoms with Gasteiger partial charge in [0.25, 0.3) is 0 Å². The van der Waals surface area contributed by atoms with Crippen LogP contribution in [-0.4, -0.2) is 11.4 Å². The van der Waals surface area contributed by atoms with Gasteiger partial charge in [0.2, 0.25) is 0 Å². The Kier molecular flexibility index (Phi) is 3.82. The van der Waals surface area contributed by atoms with E-state index < -0.39 is 6.10 Å². The second kappa shape index (κ2) is 5.34. The largest absolute Gasteiger partial charge is 0.384 e. The zero-order valence-corrected chi connectivity index (χ0v) is 10.2. The van der Waals surface area contributed by atoms with Crippen molar-refractivity contribution in [1.82, 2.24) is 0 Å². The van der Waals surface area contributed by atoms with Crippen LogP contribution in [0.5, 0.6) is 0 Å². The number of halogens is 1. The molecule has 0 saturated heterocycles. The summed E-state index contributed by atoms with van der Waals surface area (Å²) in [6.45, 7) is 0. The van der Waals surface area contributed by atoms with E-state index in [-0.39, 0.29) is 5.82 Å². The lowest BCUT2D eigenvalue weighted by atomic mass is 10.0. The molecule has 0 bridgehead atoms. The van der Waals surface area contributed by atoms with Crippen LogP contribution in [0.3, 0.4) is 0 Å². The lowest BCUT2D eigenvalue weighted by Crippen LogP contribution is -2.01. The zero-order chi connectivity index (χ0) is 12.3. The number of rotatable bonds is 3. The highest BCUT2D eigenvalue weighted by Crippen LogP contribution is 2.29. The van der Waals surface area contributed by atoms with Crippen LogP contribution in [0.1, 0.15) is 17.2 Å². The van der Waals surface area contributed by atoms with Crippen LogP contribution < -0.4 is 0 Å². The number of hydrogen-bond acceptors (Lipinski definition) is 2. The molecule has 0 radical (unpaired) electrons. The van der Waals surface area contributed by atoms with E-state index in [0.717, 1.165) is 10.5 Å². The van der Waals surface area contributed by atoms with Gasteiger partial charge < -0.3 is 5.11 Å². The molecule has 0 saturated carbocycles. The van der Waals surface area contributed by atoms with Crippen molar-refractivity contribution in [3.8, 4) is 0 Å². The highest BCUT2D eigenvalue weighted by molar-refractivity contribution is 7.98. The maximum atomic E-state index is 12.8. The molecular weight excluding hydrogens is 235 g/mol. The van der Waals surface area contributed by atoms with Crippen LogP contribution in [0.4, 0.5) is 4.39 Å². The first-order chi connectivity index (χ1) is 8.22. The fourth-order valence-corrected chi connectivity index (χ4v) is 2.35. The predicted molar refractivity (Wildman–Crippen MR) is 68.7 cm³/mol. The van der Waals surface area contributed by atoms with Crippen LogP contribution in [0.2, 0.25) is 0 Å². The molecule has 1 nitrogen and oxygen atoms in total. The van der Waals surface area contributed by atoms with Crippen molar-refractivity contribution in [3.63, 3.8) is 0 Å². The number of aliphatic hydroxyl groups is 1. The Balaban J connectivity index is 2.36. The summed E-state index contributed by atoms with van der Waals surface area (Å²) in [6.07, 6.45) is 1.26. The molecule has 2 rings (SSSR count). The SMILES string of the molecule is CSc1ccccc1C(O)c1ccc(F)cc1. The molecule has 0 aliphatic carbocycles.